The molecule has 5 rings (SSSR count). The van der Waals surface area contributed by atoms with Gasteiger partial charge in [-0.25, -0.2) is 0 Å². The number of allylic oxidation sites excluding steroid dienone is 1. The maximum absolute atomic E-state index is 6.19. The van der Waals surface area contributed by atoms with E-state index in [0.717, 1.165) is 88.0 Å². The Morgan fingerprint density at radius 3 is 2.56 bits per heavy atom. The largest absolute Gasteiger partial charge is 0.404 e. The standard InChI is InChI=1S/C27H38N8O/c1-19-13-20-3-4-21(23(16-28)17-30-24-5-11-36-12-6-24)14-22(20)18-35(19)26-15-25(31-27(29)32-26)34-9-7-33(2)8-10-34/h3-4,14-17,19,24H,5-13,18,28H2,1-2H3,(H2,29,31,32). The van der Waals surface area contributed by atoms with Crippen molar-refractivity contribution >= 4 is 29.4 Å². The number of benzene rings is 1. The van der Waals surface area contributed by atoms with Crippen molar-refractivity contribution in [2.75, 3.05) is 62.0 Å². The summed E-state index contributed by atoms with van der Waals surface area (Å²) in [5.74, 6) is 2.12. The minimum atomic E-state index is 0.303. The lowest BCUT2D eigenvalue weighted by Gasteiger charge is -2.37. The molecule has 9 nitrogen and oxygen atoms in total. The van der Waals surface area contributed by atoms with Gasteiger partial charge in [0.1, 0.15) is 11.6 Å². The van der Waals surface area contributed by atoms with Crippen molar-refractivity contribution in [2.24, 2.45) is 10.7 Å². The summed E-state index contributed by atoms with van der Waals surface area (Å²) in [7, 11) is 2.15. The molecule has 36 heavy (non-hydrogen) atoms. The van der Waals surface area contributed by atoms with Gasteiger partial charge in [-0.1, -0.05) is 12.1 Å². The lowest BCUT2D eigenvalue weighted by molar-refractivity contribution is 0.0872. The lowest BCUT2D eigenvalue weighted by Crippen LogP contribution is -2.45. The van der Waals surface area contributed by atoms with E-state index in [-0.39, 0.29) is 0 Å². The Labute approximate surface area is 213 Å². The molecule has 2 aromatic rings. The van der Waals surface area contributed by atoms with Crippen LogP contribution in [-0.4, -0.2) is 79.6 Å². The van der Waals surface area contributed by atoms with Gasteiger partial charge < -0.3 is 30.9 Å². The van der Waals surface area contributed by atoms with Crippen LogP contribution in [0.1, 0.15) is 36.5 Å². The normalized spacial score (nSPS) is 22.3. The number of hydrogen-bond acceptors (Lipinski definition) is 9. The summed E-state index contributed by atoms with van der Waals surface area (Å²) >= 11 is 0. The number of ether oxygens (including phenoxy) is 1. The van der Waals surface area contributed by atoms with Crippen molar-refractivity contribution in [1.29, 1.82) is 0 Å². The van der Waals surface area contributed by atoms with Gasteiger partial charge in [0.25, 0.3) is 0 Å². The summed E-state index contributed by atoms with van der Waals surface area (Å²) in [5.41, 5.74) is 16.9. The fourth-order valence-electron chi connectivity index (χ4n) is 5.24. The van der Waals surface area contributed by atoms with E-state index in [1.54, 1.807) is 6.20 Å². The van der Waals surface area contributed by atoms with E-state index in [2.05, 4.69) is 62.9 Å². The van der Waals surface area contributed by atoms with Crippen LogP contribution < -0.4 is 21.3 Å². The minimum Gasteiger partial charge on any atom is -0.404 e. The van der Waals surface area contributed by atoms with Crippen LogP contribution in [0.5, 0.6) is 0 Å². The molecule has 0 radical (unpaired) electrons. The van der Waals surface area contributed by atoms with Gasteiger partial charge in [-0.2, -0.15) is 9.97 Å². The number of fused-ring (bicyclic) bond motifs is 1. The Morgan fingerprint density at radius 2 is 1.81 bits per heavy atom. The van der Waals surface area contributed by atoms with Gasteiger partial charge in [0.05, 0.1) is 6.04 Å². The molecule has 3 aliphatic heterocycles. The molecule has 4 heterocycles. The Hall–Kier alpha value is -3.17. The molecule has 0 spiro atoms. The summed E-state index contributed by atoms with van der Waals surface area (Å²) in [6.07, 6.45) is 6.45. The zero-order valence-corrected chi connectivity index (χ0v) is 21.4. The molecule has 4 N–H and O–H groups in total. The van der Waals surface area contributed by atoms with E-state index < -0.39 is 0 Å². The van der Waals surface area contributed by atoms with E-state index >= 15 is 0 Å². The predicted molar refractivity (Wildman–Crippen MR) is 146 cm³/mol. The maximum Gasteiger partial charge on any atom is 0.223 e. The number of nitrogen functional groups attached to an aromatic ring is 1. The van der Waals surface area contributed by atoms with Gasteiger partial charge in [-0.15, -0.1) is 0 Å². The molecule has 192 valence electrons. The smallest absolute Gasteiger partial charge is 0.223 e. The highest BCUT2D eigenvalue weighted by Gasteiger charge is 2.26. The molecule has 0 amide bonds. The van der Waals surface area contributed by atoms with Crippen LogP contribution in [0.3, 0.4) is 0 Å². The molecule has 1 aromatic carbocycles. The third-order valence-corrected chi connectivity index (χ3v) is 7.56. The molecular weight excluding hydrogens is 452 g/mol. The molecule has 1 atom stereocenters. The van der Waals surface area contributed by atoms with Gasteiger partial charge in [0.2, 0.25) is 5.95 Å². The van der Waals surface area contributed by atoms with Crippen molar-refractivity contribution in [1.82, 2.24) is 14.9 Å². The molecule has 2 saturated heterocycles. The molecule has 1 aromatic heterocycles. The van der Waals surface area contributed by atoms with E-state index in [1.165, 1.54) is 11.1 Å². The van der Waals surface area contributed by atoms with Crippen LogP contribution >= 0.6 is 0 Å². The van der Waals surface area contributed by atoms with Crippen LogP contribution in [0.2, 0.25) is 0 Å². The van der Waals surface area contributed by atoms with Crippen molar-refractivity contribution in [2.45, 2.75) is 44.8 Å². The topological polar surface area (TPSA) is 109 Å². The van der Waals surface area contributed by atoms with Gasteiger partial charge in [-0.05, 0) is 56.0 Å². The van der Waals surface area contributed by atoms with Gasteiger partial charge in [0.15, 0.2) is 0 Å². The molecule has 0 aliphatic carbocycles. The second-order valence-corrected chi connectivity index (χ2v) is 10.1. The molecule has 3 aliphatic rings. The number of hydrogen-bond donors (Lipinski definition) is 2. The summed E-state index contributed by atoms with van der Waals surface area (Å²) in [5, 5.41) is 0. The van der Waals surface area contributed by atoms with E-state index in [0.29, 0.717) is 18.0 Å². The Morgan fingerprint density at radius 1 is 1.06 bits per heavy atom. The average molecular weight is 491 g/mol. The first-order valence-electron chi connectivity index (χ1n) is 13.0. The van der Waals surface area contributed by atoms with Crippen molar-refractivity contribution in [3.63, 3.8) is 0 Å². The first kappa shape index (κ1) is 24.5. The maximum atomic E-state index is 6.19. The van der Waals surface area contributed by atoms with Gasteiger partial charge in [-0.3, -0.25) is 4.99 Å². The summed E-state index contributed by atoms with van der Waals surface area (Å²) in [6.45, 7) is 8.49. The number of rotatable bonds is 5. The van der Waals surface area contributed by atoms with Crippen molar-refractivity contribution in [3.05, 3.63) is 47.2 Å². The molecule has 9 heteroatoms. The Kier molecular flexibility index (Phi) is 7.38. The van der Waals surface area contributed by atoms with Crippen molar-refractivity contribution < 1.29 is 4.74 Å². The van der Waals surface area contributed by atoms with E-state index in [9.17, 15) is 0 Å². The summed E-state index contributed by atoms with van der Waals surface area (Å²) in [6, 6.07) is 9.34. The molecule has 1 unspecified atom stereocenters. The number of likely N-dealkylation sites (N-methyl/N-ethyl adjacent to an activating group) is 1. The van der Waals surface area contributed by atoms with Crippen LogP contribution in [-0.2, 0) is 17.7 Å². The fraction of sp³-hybridized carbons (Fsp3) is 0.519. The quantitative estimate of drug-likeness (QED) is 0.615. The third kappa shape index (κ3) is 5.47. The number of piperazine rings is 1. The molecule has 2 fully saturated rings. The van der Waals surface area contributed by atoms with Gasteiger partial charge in [0, 0.05) is 76.0 Å². The predicted octanol–water partition coefficient (Wildman–Crippen LogP) is 2.31. The zero-order valence-electron chi connectivity index (χ0n) is 21.4. The summed E-state index contributed by atoms with van der Waals surface area (Å²) < 4.78 is 5.45. The third-order valence-electron chi connectivity index (χ3n) is 7.56. The second kappa shape index (κ2) is 10.8. The highest BCUT2D eigenvalue weighted by atomic mass is 16.5. The number of aromatic nitrogens is 2. The number of anilines is 3. The molecular formula is C27H38N8O. The van der Waals surface area contributed by atoms with E-state index in [1.807, 2.05) is 6.21 Å². The van der Waals surface area contributed by atoms with Gasteiger partial charge >= 0.3 is 0 Å². The fourth-order valence-corrected chi connectivity index (χ4v) is 5.24. The number of aliphatic imine (C=N–C) groups is 1. The molecule has 0 bridgehead atoms. The van der Waals surface area contributed by atoms with Crippen LogP contribution in [0.4, 0.5) is 17.6 Å². The lowest BCUT2D eigenvalue weighted by atomic mass is 9.91. The first-order valence-corrected chi connectivity index (χ1v) is 13.0. The highest BCUT2D eigenvalue weighted by Crippen LogP contribution is 2.31. The van der Waals surface area contributed by atoms with Crippen LogP contribution in [0, 0.1) is 0 Å². The monoisotopic (exact) mass is 490 g/mol. The minimum absolute atomic E-state index is 0.303. The Balaban J connectivity index is 1.36. The van der Waals surface area contributed by atoms with Crippen LogP contribution in [0.25, 0.3) is 5.57 Å². The Bertz CT molecular complexity index is 1120. The summed E-state index contributed by atoms with van der Waals surface area (Å²) in [4.78, 5) is 21.0. The van der Waals surface area contributed by atoms with Crippen LogP contribution in [0.15, 0.2) is 35.5 Å². The highest BCUT2D eigenvalue weighted by molar-refractivity contribution is 6.09. The average Bonchev–Trinajstić information content (AvgIpc) is 2.89. The van der Waals surface area contributed by atoms with E-state index in [4.69, 9.17) is 21.2 Å². The van der Waals surface area contributed by atoms with Crippen molar-refractivity contribution in [3.8, 4) is 0 Å². The first-order chi connectivity index (χ1) is 17.5. The number of nitrogens with two attached hydrogens (primary N) is 2. The SMILES string of the molecule is CC1Cc2ccc(C(C=NC3CCOCC3)=CN)cc2CN1c1cc(N2CCN(C)CC2)nc(N)n1. The molecule has 0 saturated carbocycles. The second-order valence-electron chi connectivity index (χ2n) is 10.1. The number of nitrogens with zero attached hydrogens (tertiary/aromatic N) is 6. The zero-order chi connectivity index (χ0) is 25.1.